The van der Waals surface area contributed by atoms with Crippen molar-refractivity contribution in [3.63, 3.8) is 0 Å². The number of hydrogen-bond donors (Lipinski definition) is 1. The Morgan fingerprint density at radius 3 is 2.67 bits per heavy atom. The minimum Gasteiger partial charge on any atom is -0.497 e. The van der Waals surface area contributed by atoms with E-state index in [-0.39, 0.29) is 11.6 Å². The Morgan fingerprint density at radius 1 is 1.33 bits per heavy atom. The average molecular weight is 249 g/mol. The first kappa shape index (κ1) is 12.0. The summed E-state index contributed by atoms with van der Waals surface area (Å²) in [5.74, 6) is 0.165. The number of carboxylic acid groups (broad SMARTS) is 1. The van der Waals surface area contributed by atoms with Gasteiger partial charge in [0.25, 0.3) is 0 Å². The van der Waals surface area contributed by atoms with E-state index in [1.807, 2.05) is 0 Å². The van der Waals surface area contributed by atoms with Crippen molar-refractivity contribution in [2.45, 2.75) is 0 Å². The van der Waals surface area contributed by atoms with E-state index in [1.165, 1.54) is 7.11 Å². The molecule has 0 amide bonds. The number of methoxy groups -OCH3 is 2. The van der Waals surface area contributed by atoms with Crippen molar-refractivity contribution in [1.82, 2.24) is 4.98 Å². The van der Waals surface area contributed by atoms with Gasteiger partial charge in [-0.2, -0.15) is 0 Å². The molecule has 0 aliphatic carbocycles. The Labute approximate surface area is 103 Å². The maximum Gasteiger partial charge on any atom is 0.357 e. The third kappa shape index (κ3) is 2.13. The number of carboxylic acids is 1. The Balaban J connectivity index is 2.45. The molecule has 0 aliphatic heterocycles. The first-order valence-electron chi connectivity index (χ1n) is 5.07. The molecule has 1 aromatic carbocycles. The standard InChI is InChI=1S/C12H11NO5/c1-16-7-3-4-8(10(5-7)17-2)11-13-9(6-18-11)12(14)15/h3-6H,1-2H3,(H,14,15). The minimum atomic E-state index is -1.14. The number of benzene rings is 1. The van der Waals surface area contributed by atoms with E-state index in [0.29, 0.717) is 17.1 Å². The van der Waals surface area contributed by atoms with E-state index in [1.54, 1.807) is 25.3 Å². The fourth-order valence-electron chi connectivity index (χ4n) is 1.47. The van der Waals surface area contributed by atoms with Gasteiger partial charge in [0.2, 0.25) is 5.89 Å². The predicted octanol–water partition coefficient (Wildman–Crippen LogP) is 2.06. The lowest BCUT2D eigenvalue weighted by Crippen LogP contribution is -1.96. The zero-order chi connectivity index (χ0) is 13.1. The quantitative estimate of drug-likeness (QED) is 0.893. The molecule has 0 spiro atoms. The van der Waals surface area contributed by atoms with Gasteiger partial charge in [-0.05, 0) is 12.1 Å². The summed E-state index contributed by atoms with van der Waals surface area (Å²) in [5, 5.41) is 8.78. The molecular weight excluding hydrogens is 238 g/mol. The van der Waals surface area contributed by atoms with Gasteiger partial charge in [-0.3, -0.25) is 0 Å². The molecule has 0 fully saturated rings. The summed E-state index contributed by atoms with van der Waals surface area (Å²) < 4.78 is 15.4. The molecule has 0 unspecified atom stereocenters. The monoisotopic (exact) mass is 249 g/mol. The first-order chi connectivity index (χ1) is 8.65. The SMILES string of the molecule is COc1ccc(-c2nc(C(=O)O)co2)c(OC)c1. The third-order valence-electron chi connectivity index (χ3n) is 2.36. The van der Waals surface area contributed by atoms with Crippen LogP contribution in [0.25, 0.3) is 11.5 Å². The van der Waals surface area contributed by atoms with Crippen LogP contribution < -0.4 is 9.47 Å². The highest BCUT2D eigenvalue weighted by atomic mass is 16.5. The Kier molecular flexibility index (Phi) is 3.18. The molecular formula is C12H11NO5. The van der Waals surface area contributed by atoms with E-state index >= 15 is 0 Å². The van der Waals surface area contributed by atoms with Gasteiger partial charge in [-0.25, -0.2) is 9.78 Å². The van der Waals surface area contributed by atoms with E-state index < -0.39 is 5.97 Å². The van der Waals surface area contributed by atoms with Crippen LogP contribution in [0, 0.1) is 0 Å². The minimum absolute atomic E-state index is 0.150. The molecule has 2 aromatic rings. The van der Waals surface area contributed by atoms with E-state index in [0.717, 1.165) is 6.26 Å². The van der Waals surface area contributed by atoms with E-state index in [2.05, 4.69) is 4.98 Å². The van der Waals surface area contributed by atoms with Gasteiger partial charge >= 0.3 is 5.97 Å². The number of ether oxygens (including phenoxy) is 2. The molecule has 1 N–H and O–H groups in total. The highest BCUT2D eigenvalue weighted by Gasteiger charge is 2.15. The van der Waals surface area contributed by atoms with Crippen LogP contribution in [-0.2, 0) is 0 Å². The van der Waals surface area contributed by atoms with Gasteiger partial charge in [-0.15, -0.1) is 0 Å². The molecule has 0 saturated heterocycles. The van der Waals surface area contributed by atoms with Crippen molar-refractivity contribution in [3.8, 4) is 23.0 Å². The summed E-state index contributed by atoms with van der Waals surface area (Å²) in [7, 11) is 3.04. The summed E-state index contributed by atoms with van der Waals surface area (Å²) in [5.41, 5.74) is 0.411. The Hall–Kier alpha value is -2.50. The average Bonchev–Trinajstić information content (AvgIpc) is 2.87. The van der Waals surface area contributed by atoms with Crippen LogP contribution in [0.5, 0.6) is 11.5 Å². The largest absolute Gasteiger partial charge is 0.497 e. The lowest BCUT2D eigenvalue weighted by atomic mass is 10.2. The number of aromatic nitrogens is 1. The van der Waals surface area contributed by atoms with Crippen LogP contribution >= 0.6 is 0 Å². The van der Waals surface area contributed by atoms with Gasteiger partial charge in [0, 0.05) is 6.07 Å². The summed E-state index contributed by atoms with van der Waals surface area (Å²) in [6, 6.07) is 5.07. The predicted molar refractivity (Wildman–Crippen MR) is 62.0 cm³/mol. The van der Waals surface area contributed by atoms with Gasteiger partial charge in [-0.1, -0.05) is 0 Å². The van der Waals surface area contributed by atoms with Crippen LogP contribution in [0.3, 0.4) is 0 Å². The maximum absolute atomic E-state index is 10.7. The van der Waals surface area contributed by atoms with Crippen LogP contribution in [0.4, 0.5) is 0 Å². The number of carbonyl (C=O) groups is 1. The van der Waals surface area contributed by atoms with Crippen molar-refractivity contribution < 1.29 is 23.8 Å². The topological polar surface area (TPSA) is 81.8 Å². The second-order valence-corrected chi connectivity index (χ2v) is 3.41. The number of aromatic carboxylic acids is 1. The molecule has 0 aliphatic rings. The number of oxazole rings is 1. The van der Waals surface area contributed by atoms with Crippen molar-refractivity contribution in [1.29, 1.82) is 0 Å². The van der Waals surface area contributed by atoms with E-state index in [4.69, 9.17) is 19.0 Å². The highest BCUT2D eigenvalue weighted by molar-refractivity contribution is 5.85. The third-order valence-corrected chi connectivity index (χ3v) is 2.36. The summed E-state index contributed by atoms with van der Waals surface area (Å²) in [4.78, 5) is 14.6. The maximum atomic E-state index is 10.7. The molecule has 6 nitrogen and oxygen atoms in total. The molecule has 1 heterocycles. The Bertz CT molecular complexity index is 576. The number of rotatable bonds is 4. The van der Waals surface area contributed by atoms with Crippen molar-refractivity contribution >= 4 is 5.97 Å². The normalized spacial score (nSPS) is 10.1. The molecule has 94 valence electrons. The first-order valence-corrected chi connectivity index (χ1v) is 5.07. The molecule has 0 radical (unpaired) electrons. The summed E-state index contributed by atoms with van der Waals surface area (Å²) >= 11 is 0. The van der Waals surface area contributed by atoms with Crippen LogP contribution in [0.2, 0.25) is 0 Å². The lowest BCUT2D eigenvalue weighted by molar-refractivity contribution is 0.0690. The summed E-state index contributed by atoms with van der Waals surface area (Å²) in [6.07, 6.45) is 1.08. The van der Waals surface area contributed by atoms with Gasteiger partial charge < -0.3 is 19.0 Å². The van der Waals surface area contributed by atoms with Crippen LogP contribution in [-0.4, -0.2) is 30.3 Å². The summed E-state index contributed by atoms with van der Waals surface area (Å²) in [6.45, 7) is 0. The van der Waals surface area contributed by atoms with Crippen LogP contribution in [0.15, 0.2) is 28.9 Å². The van der Waals surface area contributed by atoms with Gasteiger partial charge in [0.05, 0.1) is 19.8 Å². The van der Waals surface area contributed by atoms with Crippen molar-refractivity contribution in [2.75, 3.05) is 14.2 Å². The van der Waals surface area contributed by atoms with Crippen molar-refractivity contribution in [2.24, 2.45) is 0 Å². The molecule has 18 heavy (non-hydrogen) atoms. The van der Waals surface area contributed by atoms with E-state index in [9.17, 15) is 4.79 Å². The molecule has 0 atom stereocenters. The van der Waals surface area contributed by atoms with Crippen molar-refractivity contribution in [3.05, 3.63) is 30.2 Å². The number of hydrogen-bond acceptors (Lipinski definition) is 5. The molecule has 6 heteroatoms. The lowest BCUT2D eigenvalue weighted by Gasteiger charge is -2.07. The zero-order valence-corrected chi connectivity index (χ0v) is 9.84. The highest BCUT2D eigenvalue weighted by Crippen LogP contribution is 2.32. The second-order valence-electron chi connectivity index (χ2n) is 3.41. The smallest absolute Gasteiger partial charge is 0.357 e. The molecule has 0 saturated carbocycles. The zero-order valence-electron chi connectivity index (χ0n) is 9.84. The molecule has 0 bridgehead atoms. The van der Waals surface area contributed by atoms with Crippen LogP contribution in [0.1, 0.15) is 10.5 Å². The molecule has 2 rings (SSSR count). The number of nitrogens with zero attached hydrogens (tertiary/aromatic N) is 1. The fourth-order valence-corrected chi connectivity index (χ4v) is 1.47. The van der Waals surface area contributed by atoms with Gasteiger partial charge in [0.15, 0.2) is 5.69 Å². The Morgan fingerprint density at radius 2 is 2.11 bits per heavy atom. The second kappa shape index (κ2) is 4.79. The molecule has 1 aromatic heterocycles. The van der Waals surface area contributed by atoms with Gasteiger partial charge in [0.1, 0.15) is 17.8 Å². The fraction of sp³-hybridized carbons (Fsp3) is 0.167.